The maximum Gasteiger partial charge on any atom is 0.338 e. The van der Waals surface area contributed by atoms with E-state index in [2.05, 4.69) is 4.74 Å². The van der Waals surface area contributed by atoms with Crippen molar-refractivity contribution in [3.63, 3.8) is 0 Å². The first-order valence-electron chi connectivity index (χ1n) is 7.34. The fourth-order valence-corrected chi connectivity index (χ4v) is 2.77. The van der Waals surface area contributed by atoms with Crippen molar-refractivity contribution >= 4 is 29.4 Å². The first kappa shape index (κ1) is 19.4. The van der Waals surface area contributed by atoms with Crippen LogP contribution in [0.2, 0.25) is 0 Å². The molecule has 9 heteroatoms. The summed E-state index contributed by atoms with van der Waals surface area (Å²) in [4.78, 5) is 34.3. The van der Waals surface area contributed by atoms with Crippen LogP contribution in [-0.4, -0.2) is 36.3 Å². The van der Waals surface area contributed by atoms with Crippen molar-refractivity contribution < 1.29 is 28.4 Å². The van der Waals surface area contributed by atoms with Crippen LogP contribution in [-0.2, 0) is 9.47 Å². The van der Waals surface area contributed by atoms with Crippen LogP contribution in [0.3, 0.4) is 0 Å². The molecule has 0 saturated carbocycles. The standard InChI is InChI=1S/C17H14FNO6S/c1-24-16(20)11-8-12(10-13(9-11)19(22)23)17(21)25-6-7-26-15-5-3-2-4-14(15)18/h2-5,8-10H,6-7H2,1H3. The molecule has 0 heterocycles. The maximum absolute atomic E-state index is 13.5. The molecular formula is C17H14FNO6S. The number of carbonyl (C=O) groups excluding carboxylic acids is 2. The number of nitro benzene ring substituents is 1. The average molecular weight is 379 g/mol. The summed E-state index contributed by atoms with van der Waals surface area (Å²) in [5.41, 5.74) is -0.703. The maximum atomic E-state index is 13.5. The lowest BCUT2D eigenvalue weighted by Gasteiger charge is -2.07. The molecule has 2 rings (SSSR count). The molecule has 7 nitrogen and oxygen atoms in total. The Hall–Kier alpha value is -2.94. The van der Waals surface area contributed by atoms with E-state index in [1.54, 1.807) is 18.2 Å². The molecule has 0 aliphatic rings. The number of halogens is 1. The van der Waals surface area contributed by atoms with Crippen molar-refractivity contribution in [3.8, 4) is 0 Å². The molecule has 0 aliphatic carbocycles. The molecule has 0 aromatic heterocycles. The van der Waals surface area contributed by atoms with Gasteiger partial charge in [-0.2, -0.15) is 0 Å². The quantitative estimate of drug-likeness (QED) is 0.239. The fourth-order valence-electron chi connectivity index (χ4n) is 2.00. The number of esters is 2. The molecule has 136 valence electrons. The molecule has 0 aliphatic heterocycles. The molecule has 0 fully saturated rings. The van der Waals surface area contributed by atoms with Crippen LogP contribution in [0.15, 0.2) is 47.4 Å². The van der Waals surface area contributed by atoms with Crippen molar-refractivity contribution in [3.05, 3.63) is 69.5 Å². The number of nitro groups is 1. The second kappa shape index (κ2) is 8.95. The van der Waals surface area contributed by atoms with Gasteiger partial charge in [-0.05, 0) is 18.2 Å². The van der Waals surface area contributed by atoms with Gasteiger partial charge in [-0.25, -0.2) is 14.0 Å². The van der Waals surface area contributed by atoms with Gasteiger partial charge in [-0.15, -0.1) is 11.8 Å². The zero-order valence-corrected chi connectivity index (χ0v) is 14.5. The van der Waals surface area contributed by atoms with Gasteiger partial charge in [0.15, 0.2) is 0 Å². The van der Waals surface area contributed by atoms with E-state index in [1.807, 2.05) is 0 Å². The fraction of sp³-hybridized carbons (Fsp3) is 0.176. The monoisotopic (exact) mass is 379 g/mol. The lowest BCUT2D eigenvalue weighted by molar-refractivity contribution is -0.384. The number of rotatable bonds is 7. The van der Waals surface area contributed by atoms with E-state index in [0.717, 1.165) is 25.3 Å². The van der Waals surface area contributed by atoms with Crippen molar-refractivity contribution in [1.29, 1.82) is 0 Å². The molecule has 0 atom stereocenters. The SMILES string of the molecule is COC(=O)c1cc(C(=O)OCCSc2ccccc2F)cc([N+](=O)[O-])c1. The predicted octanol–water partition coefficient (Wildman–Crippen LogP) is 3.47. The van der Waals surface area contributed by atoms with Crippen LogP contribution in [0.25, 0.3) is 0 Å². The summed E-state index contributed by atoms with van der Waals surface area (Å²) >= 11 is 1.17. The summed E-state index contributed by atoms with van der Waals surface area (Å²) in [6, 6.07) is 9.37. The number of methoxy groups -OCH3 is 1. The van der Waals surface area contributed by atoms with Gasteiger partial charge in [0.1, 0.15) is 12.4 Å². The summed E-state index contributed by atoms with van der Waals surface area (Å²) in [7, 11) is 1.12. The number of hydrogen-bond acceptors (Lipinski definition) is 7. The van der Waals surface area contributed by atoms with Crippen LogP contribution >= 0.6 is 11.8 Å². The van der Waals surface area contributed by atoms with Crippen molar-refractivity contribution in [1.82, 2.24) is 0 Å². The Morgan fingerprint density at radius 1 is 1.15 bits per heavy atom. The Balaban J connectivity index is 2.02. The summed E-state index contributed by atoms with van der Waals surface area (Å²) in [5.74, 6) is -1.71. The van der Waals surface area contributed by atoms with Gasteiger partial charge in [-0.3, -0.25) is 10.1 Å². The highest BCUT2D eigenvalue weighted by atomic mass is 32.2. The number of non-ortho nitro benzene ring substituents is 1. The molecule has 0 spiro atoms. The Bertz CT molecular complexity index is 842. The molecule has 0 radical (unpaired) electrons. The highest BCUT2D eigenvalue weighted by Gasteiger charge is 2.19. The molecule has 0 saturated heterocycles. The van der Waals surface area contributed by atoms with E-state index in [9.17, 15) is 24.1 Å². The molecule has 0 unspecified atom stereocenters. The van der Waals surface area contributed by atoms with Crippen LogP contribution < -0.4 is 0 Å². The van der Waals surface area contributed by atoms with E-state index in [0.29, 0.717) is 10.6 Å². The van der Waals surface area contributed by atoms with Gasteiger partial charge < -0.3 is 9.47 Å². The van der Waals surface area contributed by atoms with Crippen LogP contribution in [0.5, 0.6) is 0 Å². The van der Waals surface area contributed by atoms with Crippen molar-refractivity contribution in [2.24, 2.45) is 0 Å². The number of ether oxygens (including phenoxy) is 2. The molecule has 2 aromatic rings. The predicted molar refractivity (Wildman–Crippen MR) is 91.8 cm³/mol. The minimum atomic E-state index is -0.826. The van der Waals surface area contributed by atoms with E-state index >= 15 is 0 Å². The topological polar surface area (TPSA) is 95.7 Å². The normalized spacial score (nSPS) is 10.2. The van der Waals surface area contributed by atoms with Gasteiger partial charge in [0, 0.05) is 22.8 Å². The Morgan fingerprint density at radius 3 is 2.42 bits per heavy atom. The zero-order chi connectivity index (χ0) is 19.1. The lowest BCUT2D eigenvalue weighted by atomic mass is 10.1. The number of hydrogen-bond donors (Lipinski definition) is 0. The number of thioether (sulfide) groups is 1. The Labute approximate surface area is 152 Å². The van der Waals surface area contributed by atoms with Crippen LogP contribution in [0, 0.1) is 15.9 Å². The second-order valence-electron chi connectivity index (χ2n) is 4.93. The molecule has 0 N–H and O–H groups in total. The molecule has 0 bridgehead atoms. The summed E-state index contributed by atoms with van der Waals surface area (Å²) < 4.78 is 23.0. The lowest BCUT2D eigenvalue weighted by Crippen LogP contribution is -2.11. The average Bonchev–Trinajstić information content (AvgIpc) is 2.65. The third kappa shape index (κ3) is 5.03. The first-order valence-corrected chi connectivity index (χ1v) is 8.33. The highest BCUT2D eigenvalue weighted by Crippen LogP contribution is 2.22. The van der Waals surface area contributed by atoms with Gasteiger partial charge in [0.05, 0.1) is 23.2 Å². The van der Waals surface area contributed by atoms with E-state index in [4.69, 9.17) is 4.74 Å². The third-order valence-corrected chi connectivity index (χ3v) is 4.21. The summed E-state index contributed by atoms with van der Waals surface area (Å²) in [6.45, 7) is -0.0336. The highest BCUT2D eigenvalue weighted by molar-refractivity contribution is 7.99. The van der Waals surface area contributed by atoms with Crippen LogP contribution in [0.1, 0.15) is 20.7 Å². The minimum absolute atomic E-state index is 0.0336. The smallest absolute Gasteiger partial charge is 0.338 e. The molecule has 0 amide bonds. The third-order valence-electron chi connectivity index (χ3n) is 3.20. The Morgan fingerprint density at radius 2 is 1.81 bits per heavy atom. The summed E-state index contributed by atoms with van der Waals surface area (Å²) in [6.07, 6.45) is 0. The minimum Gasteiger partial charge on any atom is -0.465 e. The summed E-state index contributed by atoms with van der Waals surface area (Å²) in [5, 5.41) is 11.0. The number of nitrogens with zero attached hydrogens (tertiary/aromatic N) is 1. The van der Waals surface area contributed by atoms with Crippen molar-refractivity contribution in [2.45, 2.75) is 4.90 Å². The molecule has 2 aromatic carbocycles. The molecular weight excluding hydrogens is 365 g/mol. The van der Waals surface area contributed by atoms with Gasteiger partial charge in [0.2, 0.25) is 0 Å². The van der Waals surface area contributed by atoms with Crippen molar-refractivity contribution in [2.75, 3.05) is 19.5 Å². The molecule has 26 heavy (non-hydrogen) atoms. The van der Waals surface area contributed by atoms with Gasteiger partial charge in [0.25, 0.3) is 5.69 Å². The van der Waals surface area contributed by atoms with Crippen LogP contribution in [0.4, 0.5) is 10.1 Å². The van der Waals surface area contributed by atoms with E-state index in [-0.39, 0.29) is 23.6 Å². The van der Waals surface area contributed by atoms with E-state index < -0.39 is 22.5 Å². The number of carbonyl (C=O) groups is 2. The number of benzene rings is 2. The van der Waals surface area contributed by atoms with Gasteiger partial charge in [-0.1, -0.05) is 12.1 Å². The second-order valence-corrected chi connectivity index (χ2v) is 6.07. The largest absolute Gasteiger partial charge is 0.465 e. The van der Waals surface area contributed by atoms with E-state index in [1.165, 1.54) is 17.8 Å². The Kier molecular flexibility index (Phi) is 6.67. The zero-order valence-electron chi connectivity index (χ0n) is 13.6. The van der Waals surface area contributed by atoms with Gasteiger partial charge >= 0.3 is 11.9 Å². The first-order chi connectivity index (χ1) is 12.4.